The first-order valence-corrected chi connectivity index (χ1v) is 10.1. The van der Waals surface area contributed by atoms with Crippen LogP contribution in [0.2, 0.25) is 0 Å². The lowest BCUT2D eigenvalue weighted by Gasteiger charge is -2.11. The highest BCUT2D eigenvalue weighted by Gasteiger charge is 2.27. The van der Waals surface area contributed by atoms with Gasteiger partial charge in [-0.2, -0.15) is 18.3 Å². The van der Waals surface area contributed by atoms with Crippen molar-refractivity contribution in [1.29, 1.82) is 0 Å². The van der Waals surface area contributed by atoms with E-state index in [-0.39, 0.29) is 24.8 Å². The first-order chi connectivity index (χ1) is 15.2. The normalized spacial score (nSPS) is 11.7. The number of aliphatic hydroxyl groups excluding tert-OH is 1. The van der Waals surface area contributed by atoms with Gasteiger partial charge >= 0.3 is 6.18 Å². The summed E-state index contributed by atoms with van der Waals surface area (Å²) in [7, 11) is 0. The van der Waals surface area contributed by atoms with Crippen molar-refractivity contribution in [2.45, 2.75) is 38.9 Å². The zero-order valence-corrected chi connectivity index (χ0v) is 17.5. The van der Waals surface area contributed by atoms with Crippen LogP contribution >= 0.6 is 0 Å². The molecule has 0 fully saturated rings. The molecule has 0 radical (unpaired) electrons. The summed E-state index contributed by atoms with van der Waals surface area (Å²) in [5.41, 5.74) is 2.71. The largest absolute Gasteiger partial charge is 0.477 e. The summed E-state index contributed by atoms with van der Waals surface area (Å²) in [6.07, 6.45) is 0.196. The SMILES string of the molecule is Cc1cc(Cn2cc3c(CC(=O)NCCCO)nccc3n2)cnc1OCCC(F)(F)F. The molecule has 0 saturated heterocycles. The van der Waals surface area contributed by atoms with Gasteiger partial charge in [-0.3, -0.25) is 14.5 Å². The van der Waals surface area contributed by atoms with Crippen LogP contribution in [0.4, 0.5) is 13.2 Å². The summed E-state index contributed by atoms with van der Waals surface area (Å²) in [5, 5.41) is 16.8. The van der Waals surface area contributed by atoms with Crippen LogP contribution in [0.5, 0.6) is 5.88 Å². The van der Waals surface area contributed by atoms with E-state index in [1.165, 1.54) is 6.20 Å². The molecule has 0 aliphatic rings. The number of alkyl halides is 3. The van der Waals surface area contributed by atoms with Gasteiger partial charge < -0.3 is 15.2 Å². The number of hydrogen-bond acceptors (Lipinski definition) is 6. The molecule has 0 aliphatic carbocycles. The zero-order chi connectivity index (χ0) is 23.1. The minimum absolute atomic E-state index is 0.00980. The monoisotopic (exact) mass is 451 g/mol. The number of carbonyl (C=O) groups is 1. The van der Waals surface area contributed by atoms with Crippen LogP contribution in [0.15, 0.2) is 30.7 Å². The van der Waals surface area contributed by atoms with Crippen LogP contribution in [0, 0.1) is 6.92 Å². The van der Waals surface area contributed by atoms with E-state index in [0.717, 1.165) is 10.9 Å². The van der Waals surface area contributed by atoms with Crippen LogP contribution in [-0.4, -0.2) is 56.7 Å². The van der Waals surface area contributed by atoms with Crippen molar-refractivity contribution in [2.75, 3.05) is 19.8 Å². The number of carbonyl (C=O) groups excluding carboxylic acids is 1. The topological polar surface area (TPSA) is 102 Å². The minimum Gasteiger partial charge on any atom is -0.477 e. The number of aryl methyl sites for hydroxylation is 1. The average Bonchev–Trinajstić information content (AvgIpc) is 3.12. The predicted molar refractivity (Wildman–Crippen MR) is 110 cm³/mol. The molecule has 0 bridgehead atoms. The van der Waals surface area contributed by atoms with E-state index in [1.54, 1.807) is 36.1 Å². The van der Waals surface area contributed by atoms with Gasteiger partial charge in [0.2, 0.25) is 11.8 Å². The first kappa shape index (κ1) is 23.5. The number of halogens is 3. The number of rotatable bonds is 10. The molecule has 0 spiro atoms. The van der Waals surface area contributed by atoms with E-state index in [4.69, 9.17) is 9.84 Å². The van der Waals surface area contributed by atoms with Crippen molar-refractivity contribution in [3.8, 4) is 5.88 Å². The molecule has 11 heteroatoms. The fraction of sp³-hybridized carbons (Fsp3) is 0.429. The Bertz CT molecular complexity index is 1070. The lowest BCUT2D eigenvalue weighted by atomic mass is 10.2. The maximum absolute atomic E-state index is 12.3. The number of nitrogens with one attached hydrogen (secondary N) is 1. The van der Waals surface area contributed by atoms with Gasteiger partial charge in [0, 0.05) is 42.7 Å². The Labute approximate surface area is 182 Å². The molecule has 2 N–H and O–H groups in total. The Kier molecular flexibility index (Phi) is 7.62. The third-order valence-corrected chi connectivity index (χ3v) is 4.60. The lowest BCUT2D eigenvalue weighted by Crippen LogP contribution is -2.26. The van der Waals surface area contributed by atoms with Crippen LogP contribution in [-0.2, 0) is 17.8 Å². The third kappa shape index (κ3) is 6.64. The highest BCUT2D eigenvalue weighted by Crippen LogP contribution is 2.22. The van der Waals surface area contributed by atoms with E-state index in [9.17, 15) is 18.0 Å². The van der Waals surface area contributed by atoms with E-state index in [0.29, 0.717) is 36.3 Å². The molecular weight excluding hydrogens is 427 g/mol. The molecule has 32 heavy (non-hydrogen) atoms. The van der Waals surface area contributed by atoms with Gasteiger partial charge in [-0.1, -0.05) is 0 Å². The summed E-state index contributed by atoms with van der Waals surface area (Å²) < 4.78 is 43.7. The molecule has 172 valence electrons. The summed E-state index contributed by atoms with van der Waals surface area (Å²) in [4.78, 5) is 20.5. The fourth-order valence-corrected chi connectivity index (χ4v) is 3.10. The van der Waals surface area contributed by atoms with Gasteiger partial charge in [0.25, 0.3) is 0 Å². The Morgan fingerprint density at radius 1 is 1.31 bits per heavy atom. The van der Waals surface area contributed by atoms with Crippen LogP contribution < -0.4 is 10.1 Å². The molecule has 0 aromatic carbocycles. The quantitative estimate of drug-likeness (QED) is 0.460. The number of hydrogen-bond donors (Lipinski definition) is 2. The highest BCUT2D eigenvalue weighted by molar-refractivity contribution is 5.86. The number of pyridine rings is 2. The molecule has 3 heterocycles. The smallest absolute Gasteiger partial charge is 0.392 e. The number of ether oxygens (including phenoxy) is 1. The molecule has 3 rings (SSSR count). The Morgan fingerprint density at radius 2 is 2.12 bits per heavy atom. The predicted octanol–water partition coefficient (Wildman–Crippen LogP) is 2.56. The molecule has 0 saturated carbocycles. The van der Waals surface area contributed by atoms with Gasteiger partial charge in [-0.25, -0.2) is 4.98 Å². The highest BCUT2D eigenvalue weighted by atomic mass is 19.4. The average molecular weight is 451 g/mol. The second kappa shape index (κ2) is 10.4. The summed E-state index contributed by atoms with van der Waals surface area (Å²) in [5.74, 6) is -0.0190. The van der Waals surface area contributed by atoms with Crippen molar-refractivity contribution < 1.29 is 27.8 Å². The van der Waals surface area contributed by atoms with Crippen molar-refractivity contribution >= 4 is 16.8 Å². The molecule has 0 unspecified atom stereocenters. The van der Waals surface area contributed by atoms with Crippen molar-refractivity contribution in [3.63, 3.8) is 0 Å². The fourth-order valence-electron chi connectivity index (χ4n) is 3.10. The van der Waals surface area contributed by atoms with E-state index < -0.39 is 19.2 Å². The molecule has 0 atom stereocenters. The minimum atomic E-state index is -4.27. The van der Waals surface area contributed by atoms with Crippen LogP contribution in [0.1, 0.15) is 29.7 Å². The Hall–Kier alpha value is -3.21. The molecule has 1 amide bonds. The zero-order valence-electron chi connectivity index (χ0n) is 17.5. The standard InChI is InChI=1S/C21H24F3N5O3/c1-14-9-15(11-27-20(14)32-8-4-21(22,23)24)12-29-13-16-17(28-29)3-6-25-18(16)10-19(31)26-5-2-7-30/h3,6,9,11,13,30H,2,4-5,7-8,10,12H2,1H3,(H,26,31). The van der Waals surface area contributed by atoms with Gasteiger partial charge in [0.1, 0.15) is 0 Å². The number of aliphatic hydroxyl groups is 1. The van der Waals surface area contributed by atoms with Crippen LogP contribution in [0.3, 0.4) is 0 Å². The number of fused-ring (bicyclic) bond motifs is 1. The van der Waals surface area contributed by atoms with Crippen molar-refractivity contribution in [1.82, 2.24) is 25.1 Å². The lowest BCUT2D eigenvalue weighted by molar-refractivity contribution is -0.139. The maximum Gasteiger partial charge on any atom is 0.392 e. The Morgan fingerprint density at radius 3 is 2.84 bits per heavy atom. The summed E-state index contributed by atoms with van der Waals surface area (Å²) in [6, 6.07) is 3.54. The molecule has 0 aliphatic heterocycles. The van der Waals surface area contributed by atoms with Crippen molar-refractivity contribution in [2.24, 2.45) is 0 Å². The number of amides is 1. The molecular formula is C21H24F3N5O3. The second-order valence-corrected chi connectivity index (χ2v) is 7.30. The van der Waals surface area contributed by atoms with Crippen LogP contribution in [0.25, 0.3) is 10.9 Å². The number of aromatic nitrogens is 4. The Balaban J connectivity index is 1.67. The van der Waals surface area contributed by atoms with E-state index in [1.807, 2.05) is 0 Å². The second-order valence-electron chi connectivity index (χ2n) is 7.30. The van der Waals surface area contributed by atoms with Crippen molar-refractivity contribution in [3.05, 3.63) is 47.5 Å². The summed E-state index contributed by atoms with van der Waals surface area (Å²) in [6.45, 7) is 2.03. The van der Waals surface area contributed by atoms with E-state index >= 15 is 0 Å². The molecule has 8 nitrogen and oxygen atoms in total. The van der Waals surface area contributed by atoms with Gasteiger partial charge in [0.05, 0.1) is 37.2 Å². The van der Waals surface area contributed by atoms with Gasteiger partial charge in [0.15, 0.2) is 0 Å². The third-order valence-electron chi connectivity index (χ3n) is 4.60. The molecule has 3 aromatic heterocycles. The maximum atomic E-state index is 12.3. The van der Waals surface area contributed by atoms with Gasteiger partial charge in [-0.15, -0.1) is 0 Å². The van der Waals surface area contributed by atoms with Gasteiger partial charge in [-0.05, 0) is 31.0 Å². The van der Waals surface area contributed by atoms with E-state index in [2.05, 4.69) is 20.4 Å². The first-order valence-electron chi connectivity index (χ1n) is 10.1. The number of nitrogens with zero attached hydrogens (tertiary/aromatic N) is 4. The molecule has 3 aromatic rings. The summed E-state index contributed by atoms with van der Waals surface area (Å²) >= 11 is 0.